The highest BCUT2D eigenvalue weighted by Gasteiger charge is 2.23. The van der Waals surface area contributed by atoms with E-state index in [2.05, 4.69) is 0 Å². The van der Waals surface area contributed by atoms with Crippen molar-refractivity contribution in [2.75, 3.05) is 6.61 Å². The van der Waals surface area contributed by atoms with Crippen molar-refractivity contribution in [1.82, 2.24) is 0 Å². The lowest BCUT2D eigenvalue weighted by Crippen LogP contribution is -2.35. The first kappa shape index (κ1) is 11.9. The second-order valence-corrected chi connectivity index (χ2v) is 4.71. The van der Waals surface area contributed by atoms with Crippen LogP contribution in [0, 0.1) is 0 Å². The van der Waals surface area contributed by atoms with E-state index in [0.717, 1.165) is 22.4 Å². The Bertz CT molecular complexity index is 607. The fraction of sp³-hybridized carbons (Fsp3) is 0.188. The SMILES string of the molecule is N[C@H]1COc2cccc(-c3ccccc3)c2CC1=O. The van der Waals surface area contributed by atoms with Gasteiger partial charge in [0.15, 0.2) is 5.78 Å². The van der Waals surface area contributed by atoms with Gasteiger partial charge in [0.05, 0.1) is 6.04 Å². The summed E-state index contributed by atoms with van der Waals surface area (Å²) in [5.41, 5.74) is 8.84. The molecule has 0 saturated carbocycles. The Balaban J connectivity index is 2.12. The minimum absolute atomic E-state index is 0.0298. The molecule has 3 nitrogen and oxygen atoms in total. The fourth-order valence-corrected chi connectivity index (χ4v) is 2.35. The van der Waals surface area contributed by atoms with Crippen LogP contribution in [0.1, 0.15) is 5.56 Å². The van der Waals surface area contributed by atoms with Gasteiger partial charge in [-0.05, 0) is 17.2 Å². The Morgan fingerprint density at radius 1 is 1.05 bits per heavy atom. The molecule has 0 aliphatic carbocycles. The molecule has 0 spiro atoms. The third-order valence-corrected chi connectivity index (χ3v) is 3.40. The topological polar surface area (TPSA) is 52.3 Å². The molecule has 2 aromatic carbocycles. The number of Topliss-reactive ketones (excluding diaryl/α,β-unsaturated/α-hetero) is 1. The van der Waals surface area contributed by atoms with Crippen LogP contribution in [0.2, 0.25) is 0 Å². The van der Waals surface area contributed by atoms with E-state index in [1.54, 1.807) is 0 Å². The quantitative estimate of drug-likeness (QED) is 0.847. The van der Waals surface area contributed by atoms with Crippen LogP contribution >= 0.6 is 0 Å². The number of benzene rings is 2. The molecule has 0 bridgehead atoms. The van der Waals surface area contributed by atoms with Gasteiger partial charge in [-0.1, -0.05) is 42.5 Å². The normalized spacial score (nSPS) is 18.4. The molecule has 2 aromatic rings. The van der Waals surface area contributed by atoms with E-state index >= 15 is 0 Å². The van der Waals surface area contributed by atoms with Crippen molar-refractivity contribution in [1.29, 1.82) is 0 Å². The van der Waals surface area contributed by atoms with Gasteiger partial charge >= 0.3 is 0 Å². The second kappa shape index (κ2) is 4.86. The summed E-state index contributed by atoms with van der Waals surface area (Å²) in [4.78, 5) is 12.0. The van der Waals surface area contributed by atoms with Gasteiger partial charge in [0.25, 0.3) is 0 Å². The van der Waals surface area contributed by atoms with Crippen LogP contribution in [0.3, 0.4) is 0 Å². The molecule has 1 atom stereocenters. The zero-order valence-electron chi connectivity index (χ0n) is 10.5. The predicted octanol–water partition coefficient (Wildman–Crippen LogP) is 2.18. The fourth-order valence-electron chi connectivity index (χ4n) is 2.35. The van der Waals surface area contributed by atoms with Gasteiger partial charge in [-0.15, -0.1) is 0 Å². The minimum Gasteiger partial charge on any atom is -0.491 e. The molecule has 1 aliphatic heterocycles. The largest absolute Gasteiger partial charge is 0.491 e. The van der Waals surface area contributed by atoms with Gasteiger partial charge < -0.3 is 10.5 Å². The molecule has 0 amide bonds. The van der Waals surface area contributed by atoms with Crippen LogP contribution in [0.25, 0.3) is 11.1 Å². The molecule has 1 heterocycles. The van der Waals surface area contributed by atoms with Gasteiger partial charge in [0, 0.05) is 12.0 Å². The summed E-state index contributed by atoms with van der Waals surface area (Å²) >= 11 is 0. The summed E-state index contributed by atoms with van der Waals surface area (Å²) in [5, 5.41) is 0. The Morgan fingerprint density at radius 3 is 2.63 bits per heavy atom. The van der Waals surface area contributed by atoms with Crippen LogP contribution in [0.4, 0.5) is 0 Å². The first-order valence-corrected chi connectivity index (χ1v) is 6.34. The molecular weight excluding hydrogens is 238 g/mol. The molecule has 96 valence electrons. The Hall–Kier alpha value is -2.13. The van der Waals surface area contributed by atoms with E-state index in [0.29, 0.717) is 6.42 Å². The Labute approximate surface area is 112 Å². The van der Waals surface area contributed by atoms with E-state index in [-0.39, 0.29) is 12.4 Å². The Morgan fingerprint density at radius 2 is 1.84 bits per heavy atom. The maximum absolute atomic E-state index is 12.0. The van der Waals surface area contributed by atoms with Crippen LogP contribution in [-0.2, 0) is 11.2 Å². The number of ether oxygens (including phenoxy) is 1. The molecule has 3 heteroatoms. The summed E-state index contributed by atoms with van der Waals surface area (Å²) < 4.78 is 5.65. The lowest BCUT2D eigenvalue weighted by Gasteiger charge is -2.11. The van der Waals surface area contributed by atoms with E-state index < -0.39 is 6.04 Å². The first-order chi connectivity index (χ1) is 9.25. The molecule has 2 N–H and O–H groups in total. The monoisotopic (exact) mass is 253 g/mol. The summed E-state index contributed by atoms with van der Waals surface area (Å²) in [5.74, 6) is 0.796. The highest BCUT2D eigenvalue weighted by molar-refractivity contribution is 5.89. The van der Waals surface area contributed by atoms with Crippen LogP contribution in [-0.4, -0.2) is 18.4 Å². The highest BCUT2D eigenvalue weighted by Crippen LogP contribution is 2.32. The maximum atomic E-state index is 12.0. The second-order valence-electron chi connectivity index (χ2n) is 4.71. The summed E-state index contributed by atoms with van der Waals surface area (Å²) in [7, 11) is 0. The van der Waals surface area contributed by atoms with Crippen molar-refractivity contribution >= 4 is 5.78 Å². The number of carbonyl (C=O) groups excluding carboxylic acids is 1. The zero-order valence-corrected chi connectivity index (χ0v) is 10.5. The molecule has 19 heavy (non-hydrogen) atoms. The molecular formula is C16H15NO2. The standard InChI is InChI=1S/C16H15NO2/c17-14-10-19-16-8-4-7-12(13(16)9-15(14)18)11-5-2-1-3-6-11/h1-8,14H,9-10,17H2/t14-/m0/s1. The molecule has 0 fully saturated rings. The Kier molecular flexibility index (Phi) is 3.05. The average Bonchev–Trinajstić information content (AvgIpc) is 2.60. The summed E-state index contributed by atoms with van der Waals surface area (Å²) in [6.45, 7) is 0.254. The van der Waals surface area contributed by atoms with Gasteiger partial charge in [0.2, 0.25) is 0 Å². The third kappa shape index (κ3) is 2.25. The van der Waals surface area contributed by atoms with E-state index in [1.165, 1.54) is 0 Å². The van der Waals surface area contributed by atoms with Crippen LogP contribution in [0.15, 0.2) is 48.5 Å². The number of fused-ring (bicyclic) bond motifs is 1. The average molecular weight is 253 g/mol. The summed E-state index contributed by atoms with van der Waals surface area (Å²) in [6, 6.07) is 15.3. The van der Waals surface area contributed by atoms with E-state index in [9.17, 15) is 4.79 Å². The maximum Gasteiger partial charge on any atom is 0.157 e. The summed E-state index contributed by atoms with van der Waals surface area (Å²) in [6.07, 6.45) is 0.335. The van der Waals surface area contributed by atoms with Crippen molar-refractivity contribution in [2.24, 2.45) is 5.73 Å². The molecule has 0 radical (unpaired) electrons. The molecule has 1 aliphatic rings. The van der Waals surface area contributed by atoms with Crippen molar-refractivity contribution in [3.63, 3.8) is 0 Å². The molecule has 0 saturated heterocycles. The predicted molar refractivity (Wildman–Crippen MR) is 74.1 cm³/mol. The molecule has 0 unspecified atom stereocenters. The minimum atomic E-state index is -0.531. The number of hydrogen-bond acceptors (Lipinski definition) is 3. The van der Waals surface area contributed by atoms with E-state index in [4.69, 9.17) is 10.5 Å². The molecule has 0 aromatic heterocycles. The third-order valence-electron chi connectivity index (χ3n) is 3.40. The number of carbonyl (C=O) groups is 1. The van der Waals surface area contributed by atoms with Gasteiger partial charge in [0.1, 0.15) is 12.4 Å². The molecule has 3 rings (SSSR count). The lowest BCUT2D eigenvalue weighted by atomic mass is 9.95. The smallest absolute Gasteiger partial charge is 0.157 e. The van der Waals surface area contributed by atoms with Crippen molar-refractivity contribution in [3.05, 3.63) is 54.1 Å². The highest BCUT2D eigenvalue weighted by atomic mass is 16.5. The van der Waals surface area contributed by atoms with Gasteiger partial charge in [-0.2, -0.15) is 0 Å². The van der Waals surface area contributed by atoms with Crippen molar-refractivity contribution < 1.29 is 9.53 Å². The number of nitrogens with two attached hydrogens (primary N) is 1. The van der Waals surface area contributed by atoms with Gasteiger partial charge in [-0.25, -0.2) is 0 Å². The number of hydrogen-bond donors (Lipinski definition) is 1. The van der Waals surface area contributed by atoms with Crippen LogP contribution in [0.5, 0.6) is 5.75 Å². The van der Waals surface area contributed by atoms with Crippen molar-refractivity contribution in [2.45, 2.75) is 12.5 Å². The van der Waals surface area contributed by atoms with Gasteiger partial charge in [-0.3, -0.25) is 4.79 Å². The first-order valence-electron chi connectivity index (χ1n) is 6.34. The van der Waals surface area contributed by atoms with E-state index in [1.807, 2.05) is 48.5 Å². The van der Waals surface area contributed by atoms with Crippen LogP contribution < -0.4 is 10.5 Å². The zero-order chi connectivity index (χ0) is 13.2. The lowest BCUT2D eigenvalue weighted by molar-refractivity contribution is -0.119. The van der Waals surface area contributed by atoms with Crippen molar-refractivity contribution in [3.8, 4) is 16.9 Å². The number of ketones is 1. The number of rotatable bonds is 1.